The van der Waals surface area contributed by atoms with Gasteiger partial charge in [0, 0.05) is 25.7 Å². The quantitative estimate of drug-likeness (QED) is 0.810. The van der Waals surface area contributed by atoms with Crippen LogP contribution in [0.15, 0.2) is 0 Å². The van der Waals surface area contributed by atoms with Crippen molar-refractivity contribution in [3.63, 3.8) is 0 Å². The van der Waals surface area contributed by atoms with Gasteiger partial charge in [-0.15, -0.1) is 0 Å². The molecule has 2 heterocycles. The Morgan fingerprint density at radius 2 is 2.05 bits per heavy atom. The number of morpholine rings is 1. The van der Waals surface area contributed by atoms with E-state index in [-0.39, 0.29) is 12.1 Å². The second kappa shape index (κ2) is 6.70. The molecule has 7 heteroatoms. The van der Waals surface area contributed by atoms with Crippen molar-refractivity contribution in [1.29, 1.82) is 0 Å². The van der Waals surface area contributed by atoms with E-state index in [9.17, 15) is 8.42 Å². The van der Waals surface area contributed by atoms with Gasteiger partial charge in [-0.1, -0.05) is 0 Å². The van der Waals surface area contributed by atoms with Crippen LogP contribution in [0.2, 0.25) is 0 Å². The minimum atomic E-state index is -3.36. The van der Waals surface area contributed by atoms with Crippen molar-refractivity contribution in [3.8, 4) is 0 Å². The molecule has 0 aliphatic carbocycles. The Morgan fingerprint density at radius 1 is 1.30 bits per heavy atom. The second-order valence-corrected chi connectivity index (χ2v) is 7.88. The van der Waals surface area contributed by atoms with Crippen molar-refractivity contribution < 1.29 is 13.2 Å². The first-order valence-electron chi connectivity index (χ1n) is 7.48. The van der Waals surface area contributed by atoms with Gasteiger partial charge >= 0.3 is 0 Å². The Bertz CT molecular complexity index is 413. The van der Waals surface area contributed by atoms with Gasteiger partial charge in [0.25, 0.3) is 10.2 Å². The van der Waals surface area contributed by atoms with Gasteiger partial charge < -0.3 is 10.1 Å². The van der Waals surface area contributed by atoms with Gasteiger partial charge in [-0.2, -0.15) is 17.0 Å². The molecule has 0 aromatic heterocycles. The van der Waals surface area contributed by atoms with E-state index >= 15 is 0 Å². The zero-order valence-corrected chi connectivity index (χ0v) is 13.5. The molecule has 118 valence electrons. The summed E-state index contributed by atoms with van der Waals surface area (Å²) in [7, 11) is -1.44. The van der Waals surface area contributed by atoms with E-state index in [1.165, 1.54) is 0 Å². The van der Waals surface area contributed by atoms with E-state index in [0.717, 1.165) is 19.4 Å². The molecule has 3 atom stereocenters. The van der Waals surface area contributed by atoms with Crippen LogP contribution in [-0.2, 0) is 14.9 Å². The Balaban J connectivity index is 2.08. The van der Waals surface area contributed by atoms with Gasteiger partial charge in [0.1, 0.15) is 0 Å². The molecule has 20 heavy (non-hydrogen) atoms. The predicted octanol–water partition coefficient (Wildman–Crippen LogP) is 0.272. The van der Waals surface area contributed by atoms with Gasteiger partial charge in [-0.25, -0.2) is 0 Å². The number of hydrogen-bond acceptors (Lipinski definition) is 4. The lowest BCUT2D eigenvalue weighted by atomic mass is 10.00. The number of ether oxygens (including phenoxy) is 1. The molecule has 0 bridgehead atoms. The van der Waals surface area contributed by atoms with Crippen molar-refractivity contribution in [2.45, 2.75) is 38.8 Å². The van der Waals surface area contributed by atoms with Crippen LogP contribution in [0.5, 0.6) is 0 Å². The molecule has 2 aliphatic heterocycles. The van der Waals surface area contributed by atoms with E-state index in [1.807, 2.05) is 20.9 Å². The summed E-state index contributed by atoms with van der Waals surface area (Å²) in [5, 5.41) is 3.15. The van der Waals surface area contributed by atoms with Gasteiger partial charge in [0.2, 0.25) is 0 Å². The van der Waals surface area contributed by atoms with E-state index in [2.05, 4.69) is 5.32 Å². The zero-order valence-electron chi connectivity index (χ0n) is 12.7. The second-order valence-electron chi connectivity index (χ2n) is 5.99. The molecule has 0 aromatic carbocycles. The summed E-state index contributed by atoms with van der Waals surface area (Å²) in [5.74, 6) is 0.414. The molecule has 0 aromatic rings. The minimum absolute atomic E-state index is 0.0288. The lowest BCUT2D eigenvalue weighted by Crippen LogP contribution is -2.56. The summed E-state index contributed by atoms with van der Waals surface area (Å²) in [4.78, 5) is 0. The summed E-state index contributed by atoms with van der Waals surface area (Å²) in [6.07, 6.45) is 2.01. The lowest BCUT2D eigenvalue weighted by Gasteiger charge is -2.41. The maximum Gasteiger partial charge on any atom is 0.282 e. The maximum absolute atomic E-state index is 12.8. The summed E-state index contributed by atoms with van der Waals surface area (Å²) in [5.41, 5.74) is 0. The van der Waals surface area contributed by atoms with Crippen LogP contribution in [-0.4, -0.2) is 69.0 Å². The standard InChI is InChI=1S/C13H27N3O3S/c1-11-10-19-12(2)8-16(11)20(17,18)15-6-4-5-13(9-15)7-14-3/h11-14H,4-10H2,1-3H3/t11-,12+,13+/m1/s1. The predicted molar refractivity (Wildman–Crippen MR) is 78.7 cm³/mol. The van der Waals surface area contributed by atoms with E-state index in [1.54, 1.807) is 8.61 Å². The Hall–Kier alpha value is -0.210. The van der Waals surface area contributed by atoms with Gasteiger partial charge in [0.15, 0.2) is 0 Å². The van der Waals surface area contributed by atoms with Crippen molar-refractivity contribution in [1.82, 2.24) is 13.9 Å². The number of rotatable bonds is 4. The number of piperidine rings is 1. The van der Waals surface area contributed by atoms with Gasteiger partial charge in [0.05, 0.1) is 12.7 Å². The fourth-order valence-electron chi connectivity index (χ4n) is 3.03. The molecule has 2 saturated heterocycles. The molecule has 2 rings (SSSR count). The monoisotopic (exact) mass is 305 g/mol. The average molecular weight is 305 g/mol. The zero-order chi connectivity index (χ0) is 14.8. The van der Waals surface area contributed by atoms with Crippen molar-refractivity contribution in [2.24, 2.45) is 5.92 Å². The SMILES string of the molecule is CNC[C@@H]1CCCN(S(=O)(=O)N2C[C@H](C)OC[C@H]2C)C1. The number of hydrogen-bond donors (Lipinski definition) is 1. The molecule has 2 fully saturated rings. The van der Waals surface area contributed by atoms with E-state index < -0.39 is 10.2 Å². The highest BCUT2D eigenvalue weighted by atomic mass is 32.2. The van der Waals surface area contributed by atoms with Crippen LogP contribution >= 0.6 is 0 Å². The van der Waals surface area contributed by atoms with Gasteiger partial charge in [-0.05, 0) is 46.2 Å². The lowest BCUT2D eigenvalue weighted by molar-refractivity contribution is -0.0195. The van der Waals surface area contributed by atoms with Crippen LogP contribution in [0.4, 0.5) is 0 Å². The fourth-order valence-corrected chi connectivity index (χ4v) is 5.00. The maximum atomic E-state index is 12.8. The summed E-state index contributed by atoms with van der Waals surface area (Å²) in [6, 6.07) is -0.0825. The molecule has 0 unspecified atom stereocenters. The average Bonchev–Trinajstić information content (AvgIpc) is 2.42. The summed E-state index contributed by atoms with van der Waals surface area (Å²) in [6.45, 7) is 6.92. The normalized spacial score (nSPS) is 34.2. The Labute approximate surface area is 122 Å². The molecule has 0 spiro atoms. The fraction of sp³-hybridized carbons (Fsp3) is 1.00. The number of nitrogens with one attached hydrogen (secondary N) is 1. The first kappa shape index (κ1) is 16.2. The third-order valence-corrected chi connectivity index (χ3v) is 6.23. The largest absolute Gasteiger partial charge is 0.375 e. The van der Waals surface area contributed by atoms with Crippen LogP contribution in [0, 0.1) is 5.92 Å². The van der Waals surface area contributed by atoms with E-state index in [0.29, 0.717) is 32.2 Å². The highest BCUT2D eigenvalue weighted by Crippen LogP contribution is 2.24. The van der Waals surface area contributed by atoms with E-state index in [4.69, 9.17) is 4.74 Å². The highest BCUT2D eigenvalue weighted by molar-refractivity contribution is 7.86. The Kier molecular flexibility index (Phi) is 5.42. The minimum Gasteiger partial charge on any atom is -0.375 e. The van der Waals surface area contributed by atoms with Crippen LogP contribution in [0.25, 0.3) is 0 Å². The Morgan fingerprint density at radius 3 is 2.75 bits per heavy atom. The third-order valence-electron chi connectivity index (χ3n) is 4.15. The first-order chi connectivity index (χ1) is 9.45. The van der Waals surface area contributed by atoms with Crippen molar-refractivity contribution in [2.75, 3.05) is 39.8 Å². The summed E-state index contributed by atoms with van der Waals surface area (Å²) >= 11 is 0. The molecule has 1 N–H and O–H groups in total. The van der Waals surface area contributed by atoms with Crippen LogP contribution in [0.3, 0.4) is 0 Å². The third kappa shape index (κ3) is 3.51. The molecule has 2 aliphatic rings. The molecular formula is C13H27N3O3S. The van der Waals surface area contributed by atoms with Crippen LogP contribution < -0.4 is 5.32 Å². The number of nitrogens with zero attached hydrogens (tertiary/aromatic N) is 2. The molecule has 0 saturated carbocycles. The first-order valence-corrected chi connectivity index (χ1v) is 8.88. The van der Waals surface area contributed by atoms with Gasteiger partial charge in [-0.3, -0.25) is 0 Å². The van der Waals surface area contributed by atoms with Crippen molar-refractivity contribution in [3.05, 3.63) is 0 Å². The highest BCUT2D eigenvalue weighted by Gasteiger charge is 2.38. The van der Waals surface area contributed by atoms with Crippen LogP contribution in [0.1, 0.15) is 26.7 Å². The smallest absolute Gasteiger partial charge is 0.282 e. The molecule has 6 nitrogen and oxygen atoms in total. The topological polar surface area (TPSA) is 61.9 Å². The summed E-state index contributed by atoms with van der Waals surface area (Å²) < 4.78 is 34.4. The van der Waals surface area contributed by atoms with Crippen molar-refractivity contribution >= 4 is 10.2 Å². The molecular weight excluding hydrogens is 278 g/mol. The molecule has 0 radical (unpaired) electrons. The molecule has 0 amide bonds.